The number of benzene rings is 1. The van der Waals surface area contributed by atoms with Gasteiger partial charge in [0.15, 0.2) is 11.6 Å². The van der Waals surface area contributed by atoms with Gasteiger partial charge in [-0.2, -0.15) is 0 Å². The lowest BCUT2D eigenvalue weighted by atomic mass is 9.81. The average molecular weight is 255 g/mol. The Morgan fingerprint density at radius 1 is 1.17 bits per heavy atom. The predicted molar refractivity (Wildman–Crippen MR) is 71.7 cm³/mol. The lowest BCUT2D eigenvalue weighted by Gasteiger charge is -2.26. The summed E-state index contributed by atoms with van der Waals surface area (Å²) in [5.74, 6) is -0.931. The second-order valence-electron chi connectivity index (χ2n) is 5.86. The average Bonchev–Trinajstić information content (AvgIpc) is 2.28. The van der Waals surface area contributed by atoms with Gasteiger partial charge in [0.25, 0.3) is 0 Å². The summed E-state index contributed by atoms with van der Waals surface area (Å²) in [6, 6.07) is 4.17. The molecule has 0 atom stereocenters. The third-order valence-electron chi connectivity index (χ3n) is 3.18. The molecule has 0 heterocycles. The van der Waals surface area contributed by atoms with Crippen molar-refractivity contribution in [3.05, 3.63) is 35.4 Å². The summed E-state index contributed by atoms with van der Waals surface area (Å²) in [6.45, 7) is 10.3. The lowest BCUT2D eigenvalue weighted by Crippen LogP contribution is -2.27. The Bertz CT molecular complexity index is 386. The van der Waals surface area contributed by atoms with E-state index in [0.717, 1.165) is 25.1 Å². The predicted octanol–water partition coefficient (Wildman–Crippen LogP) is 3.88. The molecule has 0 saturated carbocycles. The SMILES string of the molecule is CC(C)CNCCC(C)(C)c1ccc(F)c(F)c1. The monoisotopic (exact) mass is 255 g/mol. The number of rotatable bonds is 6. The van der Waals surface area contributed by atoms with E-state index in [1.165, 1.54) is 12.1 Å². The van der Waals surface area contributed by atoms with Crippen LogP contribution >= 0.6 is 0 Å². The first kappa shape index (κ1) is 15.1. The first-order valence-electron chi connectivity index (χ1n) is 6.49. The van der Waals surface area contributed by atoms with E-state index >= 15 is 0 Å². The van der Waals surface area contributed by atoms with Crippen LogP contribution in [0.3, 0.4) is 0 Å². The van der Waals surface area contributed by atoms with Crippen LogP contribution in [0.25, 0.3) is 0 Å². The minimum absolute atomic E-state index is 0.154. The minimum Gasteiger partial charge on any atom is -0.316 e. The highest BCUT2D eigenvalue weighted by Gasteiger charge is 2.21. The van der Waals surface area contributed by atoms with Gasteiger partial charge in [-0.3, -0.25) is 0 Å². The summed E-state index contributed by atoms with van der Waals surface area (Å²) < 4.78 is 26.1. The maximum atomic E-state index is 13.2. The molecule has 0 aliphatic rings. The number of nitrogens with one attached hydrogen (secondary N) is 1. The fourth-order valence-electron chi connectivity index (χ4n) is 1.85. The van der Waals surface area contributed by atoms with Crippen LogP contribution in [-0.4, -0.2) is 13.1 Å². The van der Waals surface area contributed by atoms with Crippen molar-refractivity contribution in [2.45, 2.75) is 39.5 Å². The Morgan fingerprint density at radius 3 is 2.39 bits per heavy atom. The molecule has 102 valence electrons. The third-order valence-corrected chi connectivity index (χ3v) is 3.18. The Morgan fingerprint density at radius 2 is 1.83 bits per heavy atom. The largest absolute Gasteiger partial charge is 0.316 e. The van der Waals surface area contributed by atoms with Crippen molar-refractivity contribution < 1.29 is 8.78 Å². The molecule has 0 amide bonds. The molecule has 1 rings (SSSR count). The molecule has 1 N–H and O–H groups in total. The lowest BCUT2D eigenvalue weighted by molar-refractivity contribution is 0.436. The van der Waals surface area contributed by atoms with Crippen molar-refractivity contribution in [3.8, 4) is 0 Å². The van der Waals surface area contributed by atoms with E-state index < -0.39 is 11.6 Å². The Balaban J connectivity index is 2.59. The van der Waals surface area contributed by atoms with Crippen molar-refractivity contribution in [1.29, 1.82) is 0 Å². The molecule has 1 nitrogen and oxygen atoms in total. The van der Waals surface area contributed by atoms with E-state index in [9.17, 15) is 8.78 Å². The highest BCUT2D eigenvalue weighted by Crippen LogP contribution is 2.27. The second kappa shape index (κ2) is 6.28. The molecule has 0 unspecified atom stereocenters. The van der Waals surface area contributed by atoms with Crippen molar-refractivity contribution >= 4 is 0 Å². The van der Waals surface area contributed by atoms with E-state index in [1.54, 1.807) is 6.07 Å². The van der Waals surface area contributed by atoms with Crippen LogP contribution in [0.4, 0.5) is 8.78 Å². The van der Waals surface area contributed by atoms with E-state index in [2.05, 4.69) is 33.0 Å². The van der Waals surface area contributed by atoms with Gasteiger partial charge in [-0.1, -0.05) is 33.8 Å². The van der Waals surface area contributed by atoms with Gasteiger partial charge in [-0.25, -0.2) is 8.78 Å². The van der Waals surface area contributed by atoms with Crippen LogP contribution in [-0.2, 0) is 5.41 Å². The summed E-state index contributed by atoms with van der Waals surface area (Å²) in [6.07, 6.45) is 0.894. The molecule has 3 heteroatoms. The Kier molecular flexibility index (Phi) is 5.27. The summed E-state index contributed by atoms with van der Waals surface area (Å²) in [7, 11) is 0. The molecule has 1 aromatic carbocycles. The zero-order chi connectivity index (χ0) is 13.8. The van der Waals surface area contributed by atoms with Crippen LogP contribution in [0.15, 0.2) is 18.2 Å². The second-order valence-corrected chi connectivity index (χ2v) is 5.86. The maximum Gasteiger partial charge on any atom is 0.159 e. The van der Waals surface area contributed by atoms with Crippen molar-refractivity contribution in [3.63, 3.8) is 0 Å². The van der Waals surface area contributed by atoms with Crippen molar-refractivity contribution in [1.82, 2.24) is 5.32 Å². The third kappa shape index (κ3) is 4.37. The summed E-state index contributed by atoms with van der Waals surface area (Å²) >= 11 is 0. The van der Waals surface area contributed by atoms with Gasteiger partial charge in [-0.05, 0) is 48.5 Å². The molecule has 1 aromatic rings. The van der Waals surface area contributed by atoms with Crippen molar-refractivity contribution in [2.24, 2.45) is 5.92 Å². The highest BCUT2D eigenvalue weighted by molar-refractivity contribution is 5.25. The zero-order valence-electron chi connectivity index (χ0n) is 11.7. The van der Waals surface area contributed by atoms with E-state index in [0.29, 0.717) is 5.92 Å². The number of halogens is 2. The van der Waals surface area contributed by atoms with Crippen LogP contribution in [0, 0.1) is 17.6 Å². The van der Waals surface area contributed by atoms with Gasteiger partial charge in [0.2, 0.25) is 0 Å². The standard InChI is InChI=1S/C15H23F2N/c1-11(2)10-18-8-7-15(3,4)12-5-6-13(16)14(17)9-12/h5-6,9,11,18H,7-8,10H2,1-4H3. The van der Waals surface area contributed by atoms with Crippen LogP contribution in [0.5, 0.6) is 0 Å². The number of hydrogen-bond donors (Lipinski definition) is 1. The summed E-state index contributed by atoms with van der Waals surface area (Å²) in [4.78, 5) is 0. The fraction of sp³-hybridized carbons (Fsp3) is 0.600. The fourth-order valence-corrected chi connectivity index (χ4v) is 1.85. The molecule has 0 saturated heterocycles. The molecule has 0 bridgehead atoms. The molecule has 0 aliphatic heterocycles. The summed E-state index contributed by atoms with van der Waals surface area (Å²) in [5.41, 5.74) is 0.686. The molecular formula is C15H23F2N. The van der Waals surface area contributed by atoms with Crippen molar-refractivity contribution in [2.75, 3.05) is 13.1 Å². The van der Waals surface area contributed by atoms with E-state index in [-0.39, 0.29) is 5.41 Å². The smallest absolute Gasteiger partial charge is 0.159 e. The van der Waals surface area contributed by atoms with Crippen LogP contribution in [0.2, 0.25) is 0 Å². The first-order valence-corrected chi connectivity index (χ1v) is 6.49. The molecule has 0 fully saturated rings. The maximum absolute atomic E-state index is 13.2. The molecule has 0 radical (unpaired) electrons. The topological polar surface area (TPSA) is 12.0 Å². The molecular weight excluding hydrogens is 232 g/mol. The van der Waals surface area contributed by atoms with Gasteiger partial charge >= 0.3 is 0 Å². The van der Waals surface area contributed by atoms with Gasteiger partial charge < -0.3 is 5.32 Å². The highest BCUT2D eigenvalue weighted by atomic mass is 19.2. The van der Waals surface area contributed by atoms with Gasteiger partial charge in [0, 0.05) is 0 Å². The van der Waals surface area contributed by atoms with Crippen LogP contribution < -0.4 is 5.32 Å². The van der Waals surface area contributed by atoms with Gasteiger partial charge in [0.1, 0.15) is 0 Å². The summed E-state index contributed by atoms with van der Waals surface area (Å²) in [5, 5.41) is 3.37. The van der Waals surface area contributed by atoms with Gasteiger partial charge in [-0.15, -0.1) is 0 Å². The minimum atomic E-state index is -0.785. The van der Waals surface area contributed by atoms with Crippen LogP contribution in [0.1, 0.15) is 39.7 Å². The Hall–Kier alpha value is -0.960. The molecule has 0 spiro atoms. The molecule has 0 aliphatic carbocycles. The van der Waals surface area contributed by atoms with E-state index in [1.807, 2.05) is 0 Å². The molecule has 18 heavy (non-hydrogen) atoms. The Labute approximate surface area is 109 Å². The van der Waals surface area contributed by atoms with E-state index in [4.69, 9.17) is 0 Å². The quantitative estimate of drug-likeness (QED) is 0.761. The van der Waals surface area contributed by atoms with Gasteiger partial charge in [0.05, 0.1) is 0 Å². The zero-order valence-corrected chi connectivity index (χ0v) is 11.7. The number of hydrogen-bond acceptors (Lipinski definition) is 1. The molecule has 0 aromatic heterocycles. The normalized spacial score (nSPS) is 12.2. The first-order chi connectivity index (χ1) is 8.33.